The Hall–Kier alpha value is -3.95. The van der Waals surface area contributed by atoms with Gasteiger partial charge in [0, 0.05) is 50.2 Å². The van der Waals surface area contributed by atoms with Crippen LogP contribution >= 0.6 is 0 Å². The van der Waals surface area contributed by atoms with Crippen LogP contribution in [0.2, 0.25) is 0 Å². The number of benzene rings is 2. The van der Waals surface area contributed by atoms with Crippen molar-refractivity contribution >= 4 is 28.4 Å². The van der Waals surface area contributed by atoms with Crippen LogP contribution in [0.15, 0.2) is 72.2 Å². The van der Waals surface area contributed by atoms with Gasteiger partial charge in [0.15, 0.2) is 5.65 Å². The number of aromatic nitrogens is 4. The Morgan fingerprint density at radius 2 is 1.82 bits per heavy atom. The van der Waals surface area contributed by atoms with E-state index in [1.54, 1.807) is 35.5 Å². The van der Waals surface area contributed by atoms with Crippen LogP contribution in [0.25, 0.3) is 16.7 Å². The molecule has 2 N–H and O–H groups in total. The van der Waals surface area contributed by atoms with Crippen molar-refractivity contribution in [2.45, 2.75) is 32.4 Å². The molecule has 3 heterocycles. The Morgan fingerprint density at radius 3 is 2.50 bits per heavy atom. The van der Waals surface area contributed by atoms with E-state index >= 15 is 0 Å². The lowest BCUT2D eigenvalue weighted by Crippen LogP contribution is -2.44. The first-order chi connectivity index (χ1) is 18.2. The van der Waals surface area contributed by atoms with Crippen molar-refractivity contribution < 1.29 is 5.11 Å². The van der Waals surface area contributed by atoms with Gasteiger partial charge in [0.05, 0.1) is 17.8 Å². The topological polar surface area (TPSA) is 91.5 Å². The van der Waals surface area contributed by atoms with Gasteiger partial charge in [-0.25, -0.2) is 14.3 Å². The molecule has 1 aliphatic heterocycles. The fourth-order valence-corrected chi connectivity index (χ4v) is 4.89. The Morgan fingerprint density at radius 1 is 1.08 bits per heavy atom. The molecule has 9 heteroatoms. The summed E-state index contributed by atoms with van der Waals surface area (Å²) in [5.41, 5.74) is 3.27. The van der Waals surface area contributed by atoms with Crippen molar-refractivity contribution in [3.8, 4) is 5.69 Å². The molecule has 0 spiro atoms. The van der Waals surface area contributed by atoms with Gasteiger partial charge in [0.1, 0.15) is 5.39 Å². The van der Waals surface area contributed by atoms with Crippen molar-refractivity contribution in [1.29, 1.82) is 0 Å². The predicted octanol–water partition coefficient (Wildman–Crippen LogP) is 3.58. The highest BCUT2D eigenvalue weighted by Gasteiger charge is 2.19. The second-order valence-electron chi connectivity index (χ2n) is 10.5. The smallest absolute Gasteiger partial charge is 0.278 e. The van der Waals surface area contributed by atoms with E-state index in [9.17, 15) is 9.90 Å². The number of piperazine rings is 1. The van der Waals surface area contributed by atoms with Gasteiger partial charge in [-0.15, -0.1) is 6.58 Å². The Kier molecular flexibility index (Phi) is 7.05. The lowest BCUT2D eigenvalue weighted by Gasteiger charge is -2.34. The molecule has 0 radical (unpaired) electrons. The maximum absolute atomic E-state index is 13.3. The molecule has 0 amide bonds. The summed E-state index contributed by atoms with van der Waals surface area (Å²) in [4.78, 5) is 27.2. The Bertz CT molecular complexity index is 1490. The molecule has 0 saturated carbocycles. The van der Waals surface area contributed by atoms with Gasteiger partial charge in [-0.3, -0.25) is 4.79 Å². The van der Waals surface area contributed by atoms with E-state index in [0.29, 0.717) is 29.9 Å². The van der Waals surface area contributed by atoms with E-state index in [1.807, 2.05) is 36.4 Å². The highest BCUT2D eigenvalue weighted by molar-refractivity contribution is 5.77. The zero-order chi connectivity index (χ0) is 26.9. The second-order valence-corrected chi connectivity index (χ2v) is 10.5. The van der Waals surface area contributed by atoms with E-state index in [0.717, 1.165) is 43.1 Å². The van der Waals surface area contributed by atoms with E-state index in [2.05, 4.69) is 45.9 Å². The third-order valence-electron chi connectivity index (χ3n) is 6.76. The van der Waals surface area contributed by atoms with Crippen LogP contribution in [-0.4, -0.2) is 68.2 Å². The molecular formula is C29H35N7O2. The first kappa shape index (κ1) is 25.7. The van der Waals surface area contributed by atoms with E-state index in [4.69, 9.17) is 4.98 Å². The van der Waals surface area contributed by atoms with Crippen molar-refractivity contribution in [3.63, 3.8) is 0 Å². The highest BCUT2D eigenvalue weighted by atomic mass is 16.3. The summed E-state index contributed by atoms with van der Waals surface area (Å²) in [6, 6.07) is 16.1. The number of rotatable bonds is 8. The summed E-state index contributed by atoms with van der Waals surface area (Å²) in [5, 5.41) is 14.0. The lowest BCUT2D eigenvalue weighted by molar-refractivity contribution is 0.0810. The molecule has 9 nitrogen and oxygen atoms in total. The highest BCUT2D eigenvalue weighted by Crippen LogP contribution is 2.23. The molecule has 2 aromatic carbocycles. The van der Waals surface area contributed by atoms with Crippen LogP contribution in [-0.2, 0) is 13.0 Å². The van der Waals surface area contributed by atoms with E-state index in [1.165, 1.54) is 5.69 Å². The van der Waals surface area contributed by atoms with Crippen LogP contribution in [0.5, 0.6) is 0 Å². The molecule has 1 fully saturated rings. The van der Waals surface area contributed by atoms with Crippen molar-refractivity contribution in [2.75, 3.05) is 43.4 Å². The average molecular weight is 514 g/mol. The lowest BCUT2D eigenvalue weighted by atomic mass is 9.98. The zero-order valence-electron chi connectivity index (χ0n) is 22.3. The third kappa shape index (κ3) is 5.49. The molecule has 0 atom stereocenters. The Labute approximate surface area is 222 Å². The number of allylic oxidation sites excluding steroid dienone is 1. The van der Waals surface area contributed by atoms with Gasteiger partial charge in [0.2, 0.25) is 5.95 Å². The molecule has 0 unspecified atom stereocenters. The van der Waals surface area contributed by atoms with E-state index < -0.39 is 5.60 Å². The number of anilines is 3. The number of aliphatic hydroxyl groups is 1. The summed E-state index contributed by atoms with van der Waals surface area (Å²) in [5.74, 6) is 0.405. The summed E-state index contributed by atoms with van der Waals surface area (Å²) in [6.45, 7) is 11.8. The van der Waals surface area contributed by atoms with Gasteiger partial charge in [0.25, 0.3) is 5.56 Å². The third-order valence-corrected chi connectivity index (χ3v) is 6.76. The van der Waals surface area contributed by atoms with Crippen LogP contribution in [0.1, 0.15) is 19.4 Å². The maximum atomic E-state index is 13.3. The molecule has 198 valence electrons. The standard InChI is InChI=1S/C29H35N7O2/c1-5-13-35-27(37)25-20-30-28(31-22-9-11-23(12-10-22)34-16-14-33(4)15-17-34)32-26(25)36(35)24-8-6-7-21(18-24)19-29(2,3)38/h5-12,18,20,38H,1,13-17,19H2,2-4H3,(H,30,31,32). The number of nitrogens with one attached hydrogen (secondary N) is 1. The van der Waals surface area contributed by atoms with Crippen LogP contribution in [0.4, 0.5) is 17.3 Å². The molecule has 1 aliphatic rings. The minimum Gasteiger partial charge on any atom is -0.390 e. The van der Waals surface area contributed by atoms with Crippen molar-refractivity contribution in [2.24, 2.45) is 0 Å². The maximum Gasteiger partial charge on any atom is 0.278 e. The van der Waals surface area contributed by atoms with Gasteiger partial charge >= 0.3 is 0 Å². The van der Waals surface area contributed by atoms with Gasteiger partial charge in [-0.05, 0) is 62.9 Å². The molecule has 0 aliphatic carbocycles. The normalized spacial score (nSPS) is 14.7. The molecule has 4 aromatic rings. The van der Waals surface area contributed by atoms with Crippen LogP contribution in [0.3, 0.4) is 0 Å². The molecular weight excluding hydrogens is 478 g/mol. The number of nitrogens with zero attached hydrogens (tertiary/aromatic N) is 6. The molecule has 0 bridgehead atoms. The average Bonchev–Trinajstić information content (AvgIpc) is 3.15. The van der Waals surface area contributed by atoms with Gasteiger partial charge in [-0.1, -0.05) is 18.2 Å². The summed E-state index contributed by atoms with van der Waals surface area (Å²) in [6.07, 6.45) is 3.74. The quantitative estimate of drug-likeness (QED) is 0.348. The predicted molar refractivity (Wildman–Crippen MR) is 153 cm³/mol. The number of fused-ring (bicyclic) bond motifs is 1. The zero-order valence-corrected chi connectivity index (χ0v) is 22.3. The molecule has 5 rings (SSSR count). The monoisotopic (exact) mass is 513 g/mol. The largest absolute Gasteiger partial charge is 0.390 e. The van der Waals surface area contributed by atoms with Crippen LogP contribution in [0, 0.1) is 0 Å². The van der Waals surface area contributed by atoms with Crippen molar-refractivity contribution in [1.82, 2.24) is 24.2 Å². The minimum atomic E-state index is -0.850. The number of likely N-dealkylation sites (N-methyl/N-ethyl adjacent to an activating group) is 1. The van der Waals surface area contributed by atoms with Gasteiger partial charge in [-0.2, -0.15) is 4.98 Å². The fraction of sp³-hybridized carbons (Fsp3) is 0.345. The van der Waals surface area contributed by atoms with Gasteiger partial charge < -0.3 is 20.2 Å². The molecule has 38 heavy (non-hydrogen) atoms. The first-order valence-electron chi connectivity index (χ1n) is 12.9. The Balaban J connectivity index is 1.48. The summed E-state index contributed by atoms with van der Waals surface area (Å²) in [7, 11) is 2.15. The second kappa shape index (κ2) is 10.4. The molecule has 2 aromatic heterocycles. The number of hydrogen-bond acceptors (Lipinski definition) is 7. The minimum absolute atomic E-state index is 0.184. The number of hydrogen-bond donors (Lipinski definition) is 2. The SMILES string of the molecule is C=CCn1c(=O)c2cnc(Nc3ccc(N4CCN(C)CC4)cc3)nc2n1-c1cccc(CC(C)(C)O)c1. The first-order valence-corrected chi connectivity index (χ1v) is 12.9. The molecule has 1 saturated heterocycles. The fourth-order valence-electron chi connectivity index (χ4n) is 4.89. The summed E-state index contributed by atoms with van der Waals surface area (Å²) >= 11 is 0. The van der Waals surface area contributed by atoms with Crippen molar-refractivity contribution in [3.05, 3.63) is 83.3 Å². The van der Waals surface area contributed by atoms with E-state index in [-0.39, 0.29) is 5.56 Å². The summed E-state index contributed by atoms with van der Waals surface area (Å²) < 4.78 is 3.40. The van der Waals surface area contributed by atoms with Crippen LogP contribution < -0.4 is 15.8 Å².